The Morgan fingerprint density at radius 1 is 1.15 bits per heavy atom. The number of aromatic nitrogens is 2. The third kappa shape index (κ3) is 3.90. The number of aliphatic hydroxyl groups excluding tert-OH is 1. The van der Waals surface area contributed by atoms with Gasteiger partial charge in [-0.05, 0) is 19.1 Å². The van der Waals surface area contributed by atoms with Crippen LogP contribution in [0, 0.1) is 0 Å². The van der Waals surface area contributed by atoms with Gasteiger partial charge in [-0.1, -0.05) is 20.8 Å². The van der Waals surface area contributed by atoms with Gasteiger partial charge >= 0.3 is 0 Å². The van der Waals surface area contributed by atoms with Crippen molar-refractivity contribution in [3.8, 4) is 0 Å². The molecule has 1 N–H and O–H groups in total. The molecule has 5 nitrogen and oxygen atoms in total. The van der Waals surface area contributed by atoms with E-state index in [1.54, 1.807) is 0 Å². The van der Waals surface area contributed by atoms with Gasteiger partial charge in [0, 0.05) is 38.1 Å². The molecule has 0 radical (unpaired) electrons. The largest absolute Gasteiger partial charge is 0.392 e. The van der Waals surface area contributed by atoms with E-state index in [-0.39, 0.29) is 11.5 Å². The fourth-order valence-electron chi connectivity index (χ4n) is 2.43. The molecule has 0 bridgehead atoms. The normalized spacial score (nSPS) is 19.1. The molecule has 1 saturated heterocycles. The summed E-state index contributed by atoms with van der Waals surface area (Å²) in [4.78, 5) is 4.55. The molecule has 1 aliphatic rings. The molecular formula is C15H26N4O. The van der Waals surface area contributed by atoms with Crippen LogP contribution >= 0.6 is 0 Å². The van der Waals surface area contributed by atoms with Crippen molar-refractivity contribution in [2.75, 3.05) is 37.6 Å². The predicted molar refractivity (Wildman–Crippen MR) is 81.1 cm³/mol. The average molecular weight is 278 g/mol. The van der Waals surface area contributed by atoms with Crippen LogP contribution in [0.25, 0.3) is 0 Å². The number of rotatable bonds is 3. The number of hydrogen-bond acceptors (Lipinski definition) is 5. The summed E-state index contributed by atoms with van der Waals surface area (Å²) in [7, 11) is 0. The molecule has 0 spiro atoms. The number of β-amino-alcohol motifs (C(OH)–C–C–N with tert-alkyl or cyclic N) is 1. The van der Waals surface area contributed by atoms with Gasteiger partial charge in [-0.15, -0.1) is 5.10 Å². The summed E-state index contributed by atoms with van der Waals surface area (Å²) >= 11 is 0. The third-order valence-electron chi connectivity index (χ3n) is 3.64. The highest BCUT2D eigenvalue weighted by atomic mass is 16.3. The van der Waals surface area contributed by atoms with Crippen LogP contribution in [0.3, 0.4) is 0 Å². The van der Waals surface area contributed by atoms with E-state index in [0.29, 0.717) is 0 Å². The Morgan fingerprint density at radius 3 is 2.25 bits per heavy atom. The lowest BCUT2D eigenvalue weighted by Crippen LogP contribution is -2.48. The molecule has 5 heteroatoms. The Labute approximate surface area is 121 Å². The Kier molecular flexibility index (Phi) is 4.60. The standard InChI is InChI=1S/C15H26N4O/c1-12(20)11-18-7-9-19(10-8-18)14-6-5-13(16-17-14)15(2,3)4/h5-6,12,20H,7-11H2,1-4H3/t12-/m1/s1. The number of aliphatic hydroxyl groups is 1. The van der Waals surface area contributed by atoms with Crippen LogP contribution < -0.4 is 4.90 Å². The summed E-state index contributed by atoms with van der Waals surface area (Å²) in [5, 5.41) is 18.1. The number of anilines is 1. The molecule has 2 heterocycles. The van der Waals surface area contributed by atoms with Gasteiger partial charge in [0.05, 0.1) is 11.8 Å². The van der Waals surface area contributed by atoms with Crippen molar-refractivity contribution in [1.29, 1.82) is 0 Å². The molecule has 1 aromatic rings. The van der Waals surface area contributed by atoms with Crippen molar-refractivity contribution in [1.82, 2.24) is 15.1 Å². The van der Waals surface area contributed by atoms with Crippen molar-refractivity contribution >= 4 is 5.82 Å². The first kappa shape index (κ1) is 15.2. The topological polar surface area (TPSA) is 52.5 Å². The van der Waals surface area contributed by atoms with Gasteiger partial charge in [0.2, 0.25) is 0 Å². The van der Waals surface area contributed by atoms with Crippen LogP contribution in [0.2, 0.25) is 0 Å². The second kappa shape index (κ2) is 6.06. The zero-order valence-electron chi connectivity index (χ0n) is 13.0. The Bertz CT molecular complexity index is 416. The molecule has 0 aromatic carbocycles. The maximum atomic E-state index is 9.42. The van der Waals surface area contributed by atoms with E-state index in [4.69, 9.17) is 0 Å². The minimum Gasteiger partial charge on any atom is -0.392 e. The number of piperazine rings is 1. The molecule has 20 heavy (non-hydrogen) atoms. The second-order valence-corrected chi connectivity index (χ2v) is 6.66. The first-order valence-electron chi connectivity index (χ1n) is 7.36. The Balaban J connectivity index is 1.94. The first-order chi connectivity index (χ1) is 9.36. The summed E-state index contributed by atoms with van der Waals surface area (Å²) in [5.74, 6) is 0.953. The zero-order valence-corrected chi connectivity index (χ0v) is 13.0. The predicted octanol–water partition coefficient (Wildman–Crippen LogP) is 1.28. The highest BCUT2D eigenvalue weighted by Gasteiger charge is 2.20. The van der Waals surface area contributed by atoms with Crippen LogP contribution in [0.5, 0.6) is 0 Å². The average Bonchev–Trinajstić information content (AvgIpc) is 2.38. The number of hydrogen-bond donors (Lipinski definition) is 1. The molecule has 0 unspecified atom stereocenters. The van der Waals surface area contributed by atoms with E-state index in [1.165, 1.54) is 0 Å². The maximum absolute atomic E-state index is 9.42. The van der Waals surface area contributed by atoms with Gasteiger partial charge in [0.15, 0.2) is 5.82 Å². The SMILES string of the molecule is C[C@@H](O)CN1CCN(c2ccc(C(C)(C)C)nn2)CC1. The van der Waals surface area contributed by atoms with Crippen LogP contribution in [0.4, 0.5) is 5.82 Å². The summed E-state index contributed by atoms with van der Waals surface area (Å²) in [5.41, 5.74) is 1.07. The highest BCUT2D eigenvalue weighted by molar-refractivity contribution is 5.38. The van der Waals surface area contributed by atoms with Gasteiger partial charge < -0.3 is 10.0 Å². The van der Waals surface area contributed by atoms with Crippen LogP contribution in [0.15, 0.2) is 12.1 Å². The van der Waals surface area contributed by atoms with Gasteiger partial charge in [-0.3, -0.25) is 4.90 Å². The van der Waals surface area contributed by atoms with Gasteiger partial charge in [-0.2, -0.15) is 5.10 Å². The summed E-state index contributed by atoms with van der Waals surface area (Å²) in [6, 6.07) is 4.14. The van der Waals surface area contributed by atoms with E-state index in [1.807, 2.05) is 6.92 Å². The van der Waals surface area contributed by atoms with Crippen LogP contribution in [0.1, 0.15) is 33.4 Å². The van der Waals surface area contributed by atoms with E-state index >= 15 is 0 Å². The van der Waals surface area contributed by atoms with Crippen molar-refractivity contribution in [2.45, 2.75) is 39.2 Å². The fraction of sp³-hybridized carbons (Fsp3) is 0.733. The van der Waals surface area contributed by atoms with Crippen molar-refractivity contribution in [2.24, 2.45) is 0 Å². The zero-order chi connectivity index (χ0) is 14.8. The van der Waals surface area contributed by atoms with E-state index in [9.17, 15) is 5.11 Å². The van der Waals surface area contributed by atoms with Crippen LogP contribution in [-0.2, 0) is 5.41 Å². The molecule has 0 amide bonds. The summed E-state index contributed by atoms with van der Waals surface area (Å²) in [6.07, 6.45) is -0.257. The Hall–Kier alpha value is -1.20. The highest BCUT2D eigenvalue weighted by Crippen LogP contribution is 2.21. The monoisotopic (exact) mass is 278 g/mol. The minimum atomic E-state index is -0.257. The first-order valence-corrected chi connectivity index (χ1v) is 7.36. The van der Waals surface area contributed by atoms with Gasteiger partial charge in [0.25, 0.3) is 0 Å². The molecule has 112 valence electrons. The smallest absolute Gasteiger partial charge is 0.151 e. The molecule has 0 aliphatic carbocycles. The van der Waals surface area contributed by atoms with Crippen molar-refractivity contribution in [3.63, 3.8) is 0 Å². The summed E-state index contributed by atoms with van der Waals surface area (Å²) < 4.78 is 0. The molecule has 1 aliphatic heterocycles. The van der Waals surface area contributed by atoms with Gasteiger partial charge in [0.1, 0.15) is 0 Å². The second-order valence-electron chi connectivity index (χ2n) is 6.66. The van der Waals surface area contributed by atoms with E-state index in [0.717, 1.165) is 44.2 Å². The molecule has 0 saturated carbocycles. The molecule has 1 fully saturated rings. The lowest BCUT2D eigenvalue weighted by atomic mass is 9.92. The quantitative estimate of drug-likeness (QED) is 0.902. The maximum Gasteiger partial charge on any atom is 0.151 e. The van der Waals surface area contributed by atoms with Crippen molar-refractivity contribution < 1.29 is 5.11 Å². The molecule has 1 aromatic heterocycles. The Morgan fingerprint density at radius 2 is 1.80 bits per heavy atom. The van der Waals surface area contributed by atoms with Crippen LogP contribution in [-0.4, -0.2) is 59.0 Å². The lowest BCUT2D eigenvalue weighted by molar-refractivity contribution is 0.122. The van der Waals surface area contributed by atoms with Gasteiger partial charge in [-0.25, -0.2) is 0 Å². The number of nitrogens with zero attached hydrogens (tertiary/aromatic N) is 4. The third-order valence-corrected chi connectivity index (χ3v) is 3.64. The minimum absolute atomic E-state index is 0.0431. The molecular weight excluding hydrogens is 252 g/mol. The molecule has 1 atom stereocenters. The lowest BCUT2D eigenvalue weighted by Gasteiger charge is -2.35. The van der Waals surface area contributed by atoms with E-state index < -0.39 is 0 Å². The molecule has 2 rings (SSSR count). The fourth-order valence-corrected chi connectivity index (χ4v) is 2.43. The van der Waals surface area contributed by atoms with E-state index in [2.05, 4.69) is 52.9 Å². The van der Waals surface area contributed by atoms with Crippen molar-refractivity contribution in [3.05, 3.63) is 17.8 Å². The summed E-state index contributed by atoms with van der Waals surface area (Å²) in [6.45, 7) is 12.8.